The highest BCUT2D eigenvalue weighted by Crippen LogP contribution is 2.39. The average Bonchev–Trinajstić information content (AvgIpc) is 3.06. The maximum Gasteiger partial charge on any atom is 0.433 e. The summed E-state index contributed by atoms with van der Waals surface area (Å²) in [6, 6.07) is 0.991. The van der Waals surface area contributed by atoms with Crippen molar-refractivity contribution in [3.8, 4) is 0 Å². The summed E-state index contributed by atoms with van der Waals surface area (Å²) in [6.45, 7) is 4.82. The molecule has 1 aliphatic heterocycles. The van der Waals surface area contributed by atoms with Gasteiger partial charge >= 0.3 is 6.18 Å². The highest BCUT2D eigenvalue weighted by atomic mass is 19.4. The van der Waals surface area contributed by atoms with Gasteiger partial charge in [0.2, 0.25) is 0 Å². The van der Waals surface area contributed by atoms with Gasteiger partial charge in [0, 0.05) is 25.1 Å². The molecule has 2 aromatic heterocycles. The molecular weight excluding hydrogens is 319 g/mol. The highest BCUT2D eigenvalue weighted by molar-refractivity contribution is 5.18. The number of hydrogen-bond donors (Lipinski definition) is 0. The lowest BCUT2D eigenvalue weighted by Gasteiger charge is -2.34. The first kappa shape index (κ1) is 16.9. The molecule has 0 radical (unpaired) electrons. The summed E-state index contributed by atoms with van der Waals surface area (Å²) < 4.78 is 41.2. The van der Waals surface area contributed by atoms with Gasteiger partial charge < -0.3 is 4.57 Å². The molecule has 1 fully saturated rings. The van der Waals surface area contributed by atoms with Gasteiger partial charge in [-0.2, -0.15) is 13.2 Å². The topological polar surface area (TPSA) is 46.8 Å². The van der Waals surface area contributed by atoms with Crippen LogP contribution in [0.15, 0.2) is 18.5 Å². The second kappa shape index (κ2) is 5.84. The molecule has 1 aliphatic rings. The van der Waals surface area contributed by atoms with Crippen molar-refractivity contribution in [3.05, 3.63) is 41.5 Å². The molecular formula is C16H20F3N5. The van der Waals surface area contributed by atoms with Crippen molar-refractivity contribution in [1.29, 1.82) is 0 Å². The van der Waals surface area contributed by atoms with E-state index in [0.717, 1.165) is 31.3 Å². The molecule has 1 atom stereocenters. The second-order valence-electron chi connectivity index (χ2n) is 6.47. The third-order valence-electron chi connectivity index (χ3n) is 4.67. The van der Waals surface area contributed by atoms with Crippen molar-refractivity contribution in [2.75, 3.05) is 6.54 Å². The Morgan fingerprint density at radius 2 is 2.04 bits per heavy atom. The number of alkyl halides is 3. The van der Waals surface area contributed by atoms with Crippen LogP contribution < -0.4 is 0 Å². The molecule has 8 heteroatoms. The van der Waals surface area contributed by atoms with Gasteiger partial charge in [-0.05, 0) is 39.3 Å². The number of imidazole rings is 1. The van der Waals surface area contributed by atoms with Crippen LogP contribution in [-0.2, 0) is 25.3 Å². The minimum atomic E-state index is -4.47. The van der Waals surface area contributed by atoms with Gasteiger partial charge in [-0.25, -0.2) is 15.0 Å². The molecule has 0 aliphatic carbocycles. The Labute approximate surface area is 138 Å². The van der Waals surface area contributed by atoms with E-state index in [1.165, 1.54) is 0 Å². The Morgan fingerprint density at radius 3 is 2.67 bits per heavy atom. The molecule has 0 N–H and O–H groups in total. The van der Waals surface area contributed by atoms with Gasteiger partial charge in [-0.15, -0.1) is 0 Å². The molecule has 5 nitrogen and oxygen atoms in total. The zero-order chi connectivity index (χ0) is 17.5. The van der Waals surface area contributed by atoms with E-state index in [2.05, 4.69) is 19.9 Å². The summed E-state index contributed by atoms with van der Waals surface area (Å²) in [5, 5.41) is 0. The monoisotopic (exact) mass is 339 g/mol. The number of hydrogen-bond acceptors (Lipinski definition) is 4. The van der Waals surface area contributed by atoms with Crippen LogP contribution in [0.3, 0.4) is 0 Å². The van der Waals surface area contributed by atoms with Crippen LogP contribution in [0.4, 0.5) is 13.2 Å². The number of rotatable bonds is 3. The largest absolute Gasteiger partial charge is 0.433 e. The second-order valence-corrected chi connectivity index (χ2v) is 6.47. The van der Waals surface area contributed by atoms with Gasteiger partial charge in [0.05, 0.1) is 12.1 Å². The summed E-state index contributed by atoms with van der Waals surface area (Å²) in [5.74, 6) is 1.10. The molecule has 3 heterocycles. The van der Waals surface area contributed by atoms with E-state index >= 15 is 0 Å². The van der Waals surface area contributed by atoms with Crippen LogP contribution in [0, 0.1) is 6.92 Å². The van der Waals surface area contributed by atoms with Crippen molar-refractivity contribution >= 4 is 0 Å². The number of nitrogens with zero attached hydrogens (tertiary/aromatic N) is 5. The van der Waals surface area contributed by atoms with Crippen molar-refractivity contribution < 1.29 is 13.2 Å². The standard InChI is InChI=1S/C16H20F3N5/c1-11-9-12(16(17,18)19)22-14(21-11)15(2)5-4-7-24(15)10-13-20-6-8-23(13)3/h6,8-9H,4-5,7,10H2,1-3H3/t15-/m0/s1. The van der Waals surface area contributed by atoms with Crippen LogP contribution in [0.5, 0.6) is 0 Å². The smallest absolute Gasteiger partial charge is 0.337 e. The van der Waals surface area contributed by atoms with Gasteiger partial charge in [-0.3, -0.25) is 4.90 Å². The van der Waals surface area contributed by atoms with Crippen molar-refractivity contribution in [2.24, 2.45) is 7.05 Å². The SMILES string of the molecule is Cc1cc(C(F)(F)F)nc([C@]2(C)CCCN2Cc2nccn2C)n1. The lowest BCUT2D eigenvalue weighted by atomic mass is 9.97. The number of likely N-dealkylation sites (tertiary alicyclic amines) is 1. The van der Waals surface area contributed by atoms with Crippen molar-refractivity contribution in [1.82, 2.24) is 24.4 Å². The first-order valence-electron chi connectivity index (χ1n) is 7.85. The zero-order valence-corrected chi connectivity index (χ0v) is 13.9. The fraction of sp³-hybridized carbons (Fsp3) is 0.562. The van der Waals surface area contributed by atoms with E-state index in [-0.39, 0.29) is 5.82 Å². The maximum atomic E-state index is 13.1. The minimum Gasteiger partial charge on any atom is -0.337 e. The predicted octanol–water partition coefficient (Wildman–Crippen LogP) is 3.05. The summed E-state index contributed by atoms with van der Waals surface area (Å²) in [5.41, 5.74) is -1.18. The Kier molecular flexibility index (Phi) is 4.11. The third-order valence-corrected chi connectivity index (χ3v) is 4.67. The van der Waals surface area contributed by atoms with Crippen molar-refractivity contribution in [3.63, 3.8) is 0 Å². The minimum absolute atomic E-state index is 0.238. The Hall–Kier alpha value is -1.96. The number of aryl methyl sites for hydroxylation is 2. The molecule has 24 heavy (non-hydrogen) atoms. The molecule has 130 valence electrons. The average molecular weight is 339 g/mol. The first-order chi connectivity index (χ1) is 11.2. The van der Waals surface area contributed by atoms with Gasteiger partial charge in [0.15, 0.2) is 0 Å². The summed E-state index contributed by atoms with van der Waals surface area (Å²) in [6.07, 6.45) is 0.709. The maximum absolute atomic E-state index is 13.1. The van der Waals surface area contributed by atoms with Crippen LogP contribution in [0.1, 0.15) is 42.8 Å². The molecule has 3 rings (SSSR count). The molecule has 0 unspecified atom stereocenters. The van der Waals surface area contributed by atoms with E-state index in [9.17, 15) is 13.2 Å². The van der Waals surface area contributed by atoms with E-state index < -0.39 is 17.4 Å². The Bertz CT molecular complexity index is 740. The lowest BCUT2D eigenvalue weighted by Crippen LogP contribution is -2.40. The van der Waals surface area contributed by atoms with Gasteiger partial charge in [0.1, 0.15) is 17.3 Å². The quantitative estimate of drug-likeness (QED) is 0.862. The predicted molar refractivity (Wildman–Crippen MR) is 82.0 cm³/mol. The molecule has 0 amide bonds. The van der Waals surface area contributed by atoms with Crippen LogP contribution in [0.25, 0.3) is 0 Å². The molecule has 2 aromatic rings. The van der Waals surface area contributed by atoms with E-state index in [0.29, 0.717) is 12.2 Å². The fourth-order valence-corrected chi connectivity index (χ4v) is 3.20. The van der Waals surface area contributed by atoms with E-state index in [4.69, 9.17) is 0 Å². The van der Waals surface area contributed by atoms with Crippen molar-refractivity contribution in [2.45, 2.75) is 44.9 Å². The van der Waals surface area contributed by atoms with Crippen LogP contribution in [0.2, 0.25) is 0 Å². The van der Waals surface area contributed by atoms with Gasteiger partial charge in [0.25, 0.3) is 0 Å². The fourth-order valence-electron chi connectivity index (χ4n) is 3.20. The van der Waals surface area contributed by atoms with E-state index in [1.807, 2.05) is 24.7 Å². The molecule has 0 bridgehead atoms. The first-order valence-corrected chi connectivity index (χ1v) is 7.85. The van der Waals surface area contributed by atoms with Gasteiger partial charge in [-0.1, -0.05) is 0 Å². The lowest BCUT2D eigenvalue weighted by molar-refractivity contribution is -0.141. The Balaban J connectivity index is 1.97. The molecule has 0 spiro atoms. The van der Waals surface area contributed by atoms with Crippen LogP contribution >= 0.6 is 0 Å². The number of halogens is 3. The molecule has 0 aromatic carbocycles. The summed E-state index contributed by atoms with van der Waals surface area (Å²) in [4.78, 5) is 14.6. The van der Waals surface area contributed by atoms with E-state index in [1.54, 1.807) is 13.1 Å². The van der Waals surface area contributed by atoms with Crippen LogP contribution in [-0.4, -0.2) is 31.0 Å². The third kappa shape index (κ3) is 3.02. The molecule has 0 saturated carbocycles. The Morgan fingerprint density at radius 1 is 1.29 bits per heavy atom. The number of aromatic nitrogens is 4. The summed E-state index contributed by atoms with van der Waals surface area (Å²) >= 11 is 0. The summed E-state index contributed by atoms with van der Waals surface area (Å²) in [7, 11) is 1.90. The zero-order valence-electron chi connectivity index (χ0n) is 13.9. The highest BCUT2D eigenvalue weighted by Gasteiger charge is 2.43. The normalized spacial score (nSPS) is 22.2. The molecule has 1 saturated heterocycles.